The van der Waals surface area contributed by atoms with E-state index in [2.05, 4.69) is 10.3 Å². The van der Waals surface area contributed by atoms with Crippen molar-refractivity contribution in [3.8, 4) is 11.3 Å². The van der Waals surface area contributed by atoms with Gasteiger partial charge >= 0.3 is 0 Å². The highest BCUT2D eigenvalue weighted by Gasteiger charge is 2.18. The van der Waals surface area contributed by atoms with E-state index in [1.165, 1.54) is 19.1 Å². The third-order valence-corrected chi connectivity index (χ3v) is 7.09. The minimum absolute atomic E-state index is 0.0269. The molecule has 0 saturated heterocycles. The van der Waals surface area contributed by atoms with Gasteiger partial charge in [-0.2, -0.15) is 0 Å². The number of carbonyl (C=O) groups excluding carboxylic acids is 2. The number of hydrogen-bond donors (Lipinski definition) is 1. The summed E-state index contributed by atoms with van der Waals surface area (Å²) in [6, 6.07) is 15.6. The van der Waals surface area contributed by atoms with Crippen molar-refractivity contribution >= 4 is 38.0 Å². The molecule has 8 heteroatoms. The van der Waals surface area contributed by atoms with Crippen molar-refractivity contribution in [2.24, 2.45) is 0 Å². The first-order valence-corrected chi connectivity index (χ1v) is 11.5. The molecule has 3 aromatic rings. The van der Waals surface area contributed by atoms with Gasteiger partial charge in [-0.05, 0) is 17.7 Å². The minimum Gasteiger partial charge on any atom is -0.302 e. The number of hydrogen-bond acceptors (Lipinski definition) is 6. The largest absolute Gasteiger partial charge is 0.302 e. The quantitative estimate of drug-likeness (QED) is 0.575. The smallest absolute Gasteiger partial charge is 0.230 e. The van der Waals surface area contributed by atoms with Crippen molar-refractivity contribution < 1.29 is 18.0 Å². The van der Waals surface area contributed by atoms with Crippen molar-refractivity contribution in [1.82, 2.24) is 4.98 Å². The molecular formula is C21H20N2O4S2. The molecule has 3 rings (SSSR count). The lowest BCUT2D eigenvalue weighted by Crippen LogP contribution is -2.14. The summed E-state index contributed by atoms with van der Waals surface area (Å²) in [5, 5.41) is 3.08. The SMILES string of the molecule is CCS(=O)(=O)c1ccc(CC(=O)Nc2nc(-c3ccccc3)c(C(C)=O)s2)cc1. The van der Waals surface area contributed by atoms with E-state index in [1.54, 1.807) is 19.1 Å². The lowest BCUT2D eigenvalue weighted by atomic mass is 10.1. The first kappa shape index (κ1) is 20.9. The number of ketones is 1. The minimum atomic E-state index is -3.27. The van der Waals surface area contributed by atoms with E-state index in [0.717, 1.165) is 16.9 Å². The van der Waals surface area contributed by atoms with Crippen LogP contribution in [0.3, 0.4) is 0 Å². The monoisotopic (exact) mass is 428 g/mol. The van der Waals surface area contributed by atoms with Gasteiger partial charge in [-0.3, -0.25) is 9.59 Å². The van der Waals surface area contributed by atoms with Crippen LogP contribution in [0, 0.1) is 0 Å². The van der Waals surface area contributed by atoms with Crippen molar-refractivity contribution in [2.75, 3.05) is 11.1 Å². The number of Topliss-reactive ketones (excluding diaryl/α,β-unsaturated/α-hetero) is 1. The summed E-state index contributed by atoms with van der Waals surface area (Å²) in [5.74, 6) is -0.381. The number of rotatable bonds is 7. The van der Waals surface area contributed by atoms with Crippen LogP contribution in [0.2, 0.25) is 0 Å². The molecule has 1 N–H and O–H groups in total. The van der Waals surface area contributed by atoms with Gasteiger partial charge in [0.2, 0.25) is 5.91 Å². The number of nitrogens with zero attached hydrogens (tertiary/aromatic N) is 1. The number of benzene rings is 2. The van der Waals surface area contributed by atoms with Gasteiger partial charge in [-0.15, -0.1) is 0 Å². The van der Waals surface area contributed by atoms with E-state index in [4.69, 9.17) is 0 Å². The van der Waals surface area contributed by atoms with E-state index in [-0.39, 0.29) is 28.8 Å². The number of sulfone groups is 1. The first-order chi connectivity index (χ1) is 13.8. The number of carbonyl (C=O) groups is 2. The molecule has 1 amide bonds. The van der Waals surface area contributed by atoms with Gasteiger partial charge in [0.05, 0.1) is 27.6 Å². The number of amides is 1. The Balaban J connectivity index is 1.75. The van der Waals surface area contributed by atoms with Gasteiger partial charge in [-0.1, -0.05) is 60.7 Å². The van der Waals surface area contributed by atoms with E-state index in [0.29, 0.717) is 21.3 Å². The second-order valence-electron chi connectivity index (χ2n) is 6.39. The summed E-state index contributed by atoms with van der Waals surface area (Å²) in [6.07, 6.45) is 0.0715. The van der Waals surface area contributed by atoms with Gasteiger partial charge in [0.25, 0.3) is 0 Å². The molecule has 0 fully saturated rings. The Labute approximate surface area is 173 Å². The Morgan fingerprint density at radius 2 is 1.69 bits per heavy atom. The molecule has 0 aliphatic carbocycles. The molecule has 1 aromatic heterocycles. The summed E-state index contributed by atoms with van der Waals surface area (Å²) in [6.45, 7) is 3.06. The molecular weight excluding hydrogens is 408 g/mol. The van der Waals surface area contributed by atoms with E-state index < -0.39 is 9.84 Å². The standard InChI is InChI=1S/C21H20N2O4S2/c1-3-29(26,27)17-11-9-15(10-12-17)13-18(25)22-21-23-19(20(28-21)14(2)24)16-7-5-4-6-8-16/h4-12H,3,13H2,1-2H3,(H,22,23,25). The molecule has 0 saturated carbocycles. The number of nitrogens with one attached hydrogen (secondary N) is 1. The highest BCUT2D eigenvalue weighted by molar-refractivity contribution is 7.91. The summed E-state index contributed by atoms with van der Waals surface area (Å²) >= 11 is 1.14. The van der Waals surface area contributed by atoms with Crippen LogP contribution in [-0.4, -0.2) is 30.8 Å². The van der Waals surface area contributed by atoms with E-state index in [9.17, 15) is 18.0 Å². The summed E-state index contributed by atoms with van der Waals surface area (Å²) in [7, 11) is -3.27. The molecule has 6 nitrogen and oxygen atoms in total. The van der Waals surface area contributed by atoms with Crippen LogP contribution in [0.4, 0.5) is 5.13 Å². The maximum atomic E-state index is 12.4. The number of anilines is 1. The Morgan fingerprint density at radius 1 is 1.03 bits per heavy atom. The van der Waals surface area contributed by atoms with Gasteiger partial charge in [0.15, 0.2) is 20.8 Å². The highest BCUT2D eigenvalue weighted by Crippen LogP contribution is 2.31. The fourth-order valence-corrected chi connectivity index (χ4v) is 4.52. The van der Waals surface area contributed by atoms with Gasteiger partial charge < -0.3 is 5.32 Å². The second-order valence-corrected chi connectivity index (χ2v) is 9.67. The molecule has 0 radical (unpaired) electrons. The molecule has 2 aromatic carbocycles. The average molecular weight is 429 g/mol. The Kier molecular flexibility index (Phi) is 6.24. The molecule has 29 heavy (non-hydrogen) atoms. The lowest BCUT2D eigenvalue weighted by Gasteiger charge is -2.04. The molecule has 0 spiro atoms. The Hall–Kier alpha value is -2.84. The predicted molar refractivity (Wildman–Crippen MR) is 114 cm³/mol. The zero-order valence-electron chi connectivity index (χ0n) is 16.0. The van der Waals surface area contributed by atoms with Gasteiger partial charge in [-0.25, -0.2) is 13.4 Å². The van der Waals surface area contributed by atoms with Crippen LogP contribution < -0.4 is 5.32 Å². The maximum Gasteiger partial charge on any atom is 0.230 e. The summed E-state index contributed by atoms with van der Waals surface area (Å²) in [5.41, 5.74) is 2.04. The molecule has 0 aliphatic rings. The van der Waals surface area contributed by atoms with Crippen molar-refractivity contribution in [3.05, 3.63) is 65.0 Å². The normalized spacial score (nSPS) is 11.2. The van der Waals surface area contributed by atoms with Crippen LogP contribution in [0.15, 0.2) is 59.5 Å². The van der Waals surface area contributed by atoms with Crippen molar-refractivity contribution in [2.45, 2.75) is 25.2 Å². The van der Waals surface area contributed by atoms with Crippen LogP contribution in [0.25, 0.3) is 11.3 Å². The maximum absolute atomic E-state index is 12.4. The molecule has 0 bridgehead atoms. The molecule has 0 aliphatic heterocycles. The fraction of sp³-hybridized carbons (Fsp3) is 0.190. The Bertz CT molecular complexity index is 1140. The third-order valence-electron chi connectivity index (χ3n) is 4.27. The fourth-order valence-electron chi connectivity index (χ4n) is 2.73. The van der Waals surface area contributed by atoms with Gasteiger partial charge in [0.1, 0.15) is 0 Å². The van der Waals surface area contributed by atoms with Crippen LogP contribution >= 0.6 is 11.3 Å². The molecule has 150 valence electrons. The van der Waals surface area contributed by atoms with Crippen LogP contribution in [0.1, 0.15) is 29.1 Å². The predicted octanol–water partition coefficient (Wildman–Crippen LogP) is 3.99. The first-order valence-electron chi connectivity index (χ1n) is 8.99. The zero-order chi connectivity index (χ0) is 21.0. The third kappa shape index (κ3) is 4.96. The zero-order valence-corrected chi connectivity index (χ0v) is 17.6. The lowest BCUT2D eigenvalue weighted by molar-refractivity contribution is -0.115. The van der Waals surface area contributed by atoms with E-state index in [1.807, 2.05) is 30.3 Å². The number of aromatic nitrogens is 1. The second kappa shape index (κ2) is 8.67. The highest BCUT2D eigenvalue weighted by atomic mass is 32.2. The summed E-state index contributed by atoms with van der Waals surface area (Å²) in [4.78, 5) is 29.5. The molecule has 0 atom stereocenters. The van der Waals surface area contributed by atoms with Gasteiger partial charge in [0, 0.05) is 12.5 Å². The molecule has 0 unspecified atom stereocenters. The number of thiazole rings is 1. The van der Waals surface area contributed by atoms with Crippen molar-refractivity contribution in [3.63, 3.8) is 0 Å². The van der Waals surface area contributed by atoms with Crippen LogP contribution in [0.5, 0.6) is 0 Å². The average Bonchev–Trinajstić information content (AvgIpc) is 3.13. The Morgan fingerprint density at radius 3 is 2.28 bits per heavy atom. The van der Waals surface area contributed by atoms with Crippen molar-refractivity contribution in [1.29, 1.82) is 0 Å². The topological polar surface area (TPSA) is 93.2 Å². The molecule has 1 heterocycles. The van der Waals surface area contributed by atoms with E-state index >= 15 is 0 Å². The summed E-state index contributed by atoms with van der Waals surface area (Å²) < 4.78 is 23.7. The van der Waals surface area contributed by atoms with Crippen LogP contribution in [-0.2, 0) is 21.1 Å².